The Bertz CT molecular complexity index is 629. The van der Waals surface area contributed by atoms with Gasteiger partial charge in [-0.2, -0.15) is 0 Å². The summed E-state index contributed by atoms with van der Waals surface area (Å²) in [6.07, 6.45) is 0.864. The highest BCUT2D eigenvalue weighted by molar-refractivity contribution is 6.01. The quantitative estimate of drug-likeness (QED) is 0.720. The minimum Gasteiger partial charge on any atom is -0.462 e. The van der Waals surface area contributed by atoms with Crippen LogP contribution in [-0.2, 0) is 11.3 Å². The summed E-state index contributed by atoms with van der Waals surface area (Å²) in [6, 6.07) is 9.82. The molecule has 0 radical (unpaired) electrons. The first-order valence-corrected chi connectivity index (χ1v) is 5.93. The van der Waals surface area contributed by atoms with Crippen molar-refractivity contribution in [1.29, 1.82) is 0 Å². The van der Waals surface area contributed by atoms with Gasteiger partial charge in [0.25, 0.3) is 0 Å². The van der Waals surface area contributed by atoms with Gasteiger partial charge in [0.2, 0.25) is 5.79 Å². The molecule has 0 N–H and O–H groups in total. The SMILES string of the molecule is CC1(C)OCc2cc3ccccc3c(C=O)c2O1. The van der Waals surface area contributed by atoms with Crippen LogP contribution in [0.25, 0.3) is 10.8 Å². The van der Waals surface area contributed by atoms with Crippen molar-refractivity contribution < 1.29 is 14.3 Å². The molecule has 0 amide bonds. The molecule has 92 valence electrons. The molecule has 2 aromatic carbocycles. The van der Waals surface area contributed by atoms with E-state index in [1.165, 1.54) is 0 Å². The number of hydrogen-bond donors (Lipinski definition) is 0. The van der Waals surface area contributed by atoms with E-state index in [1.54, 1.807) is 0 Å². The van der Waals surface area contributed by atoms with Crippen LogP contribution in [0.15, 0.2) is 30.3 Å². The van der Waals surface area contributed by atoms with E-state index in [0.29, 0.717) is 17.9 Å². The number of carbonyl (C=O) groups excluding carboxylic acids is 1. The predicted molar refractivity (Wildman–Crippen MR) is 68.8 cm³/mol. The summed E-state index contributed by atoms with van der Waals surface area (Å²) in [5.74, 6) is -0.0346. The van der Waals surface area contributed by atoms with E-state index >= 15 is 0 Å². The molecule has 0 atom stereocenters. The van der Waals surface area contributed by atoms with Gasteiger partial charge in [0.15, 0.2) is 6.29 Å². The lowest BCUT2D eigenvalue weighted by atomic mass is 9.99. The highest BCUT2D eigenvalue weighted by Crippen LogP contribution is 2.37. The summed E-state index contributed by atoms with van der Waals surface area (Å²) >= 11 is 0. The van der Waals surface area contributed by atoms with Gasteiger partial charge >= 0.3 is 0 Å². The average molecular weight is 242 g/mol. The molecule has 0 saturated heterocycles. The number of hydrogen-bond acceptors (Lipinski definition) is 3. The van der Waals surface area contributed by atoms with Gasteiger partial charge in [-0.1, -0.05) is 24.3 Å². The molecule has 0 aliphatic carbocycles. The largest absolute Gasteiger partial charge is 0.462 e. The van der Waals surface area contributed by atoms with Crippen molar-refractivity contribution >= 4 is 17.1 Å². The second-order valence-corrected chi connectivity index (χ2v) is 4.91. The lowest BCUT2D eigenvalue weighted by Crippen LogP contribution is -2.35. The van der Waals surface area contributed by atoms with Crippen LogP contribution in [0.4, 0.5) is 0 Å². The number of fused-ring (bicyclic) bond motifs is 2. The van der Waals surface area contributed by atoms with Gasteiger partial charge in [-0.25, -0.2) is 0 Å². The summed E-state index contributed by atoms with van der Waals surface area (Å²) in [5.41, 5.74) is 1.54. The van der Waals surface area contributed by atoms with Crippen LogP contribution in [0.5, 0.6) is 5.75 Å². The monoisotopic (exact) mass is 242 g/mol. The summed E-state index contributed by atoms with van der Waals surface area (Å²) in [6.45, 7) is 4.16. The number of benzene rings is 2. The van der Waals surface area contributed by atoms with E-state index in [9.17, 15) is 4.79 Å². The molecule has 1 heterocycles. The Balaban J connectivity index is 2.31. The maximum atomic E-state index is 11.4. The van der Waals surface area contributed by atoms with Crippen LogP contribution >= 0.6 is 0 Å². The fraction of sp³-hybridized carbons (Fsp3) is 0.267. The van der Waals surface area contributed by atoms with Gasteiger partial charge in [-0.3, -0.25) is 4.79 Å². The second kappa shape index (κ2) is 3.82. The molecule has 0 saturated carbocycles. The van der Waals surface area contributed by atoms with Gasteiger partial charge in [0.05, 0.1) is 12.2 Å². The van der Waals surface area contributed by atoms with Crippen LogP contribution < -0.4 is 4.74 Å². The van der Waals surface area contributed by atoms with E-state index in [4.69, 9.17) is 9.47 Å². The first kappa shape index (κ1) is 11.2. The molecule has 1 aliphatic heterocycles. The first-order chi connectivity index (χ1) is 8.61. The summed E-state index contributed by atoms with van der Waals surface area (Å²) in [5, 5.41) is 1.95. The van der Waals surface area contributed by atoms with Crippen molar-refractivity contribution in [3.63, 3.8) is 0 Å². The normalized spacial score (nSPS) is 17.0. The first-order valence-electron chi connectivity index (χ1n) is 5.93. The lowest BCUT2D eigenvalue weighted by molar-refractivity contribution is -0.180. The topological polar surface area (TPSA) is 35.5 Å². The van der Waals surface area contributed by atoms with Crippen molar-refractivity contribution in [3.05, 3.63) is 41.5 Å². The van der Waals surface area contributed by atoms with E-state index < -0.39 is 5.79 Å². The lowest BCUT2D eigenvalue weighted by Gasteiger charge is -2.33. The van der Waals surface area contributed by atoms with Gasteiger partial charge in [0, 0.05) is 19.4 Å². The van der Waals surface area contributed by atoms with Crippen molar-refractivity contribution in [2.24, 2.45) is 0 Å². The molecule has 3 rings (SSSR count). The third-order valence-corrected chi connectivity index (χ3v) is 3.16. The highest BCUT2D eigenvalue weighted by Gasteiger charge is 2.29. The number of aldehydes is 1. The van der Waals surface area contributed by atoms with E-state index in [0.717, 1.165) is 22.6 Å². The van der Waals surface area contributed by atoms with E-state index in [-0.39, 0.29) is 0 Å². The highest BCUT2D eigenvalue weighted by atomic mass is 16.7. The Morgan fingerprint density at radius 1 is 1.28 bits per heavy atom. The van der Waals surface area contributed by atoms with Crippen LogP contribution in [0, 0.1) is 0 Å². The fourth-order valence-electron chi connectivity index (χ4n) is 2.29. The smallest absolute Gasteiger partial charge is 0.205 e. The van der Waals surface area contributed by atoms with Crippen molar-refractivity contribution in [1.82, 2.24) is 0 Å². The van der Waals surface area contributed by atoms with Crippen LogP contribution in [0.3, 0.4) is 0 Å². The zero-order valence-electron chi connectivity index (χ0n) is 10.4. The summed E-state index contributed by atoms with van der Waals surface area (Å²) in [7, 11) is 0. The third kappa shape index (κ3) is 1.68. The second-order valence-electron chi connectivity index (χ2n) is 4.91. The molecule has 3 nitrogen and oxygen atoms in total. The zero-order valence-corrected chi connectivity index (χ0v) is 10.4. The summed E-state index contributed by atoms with van der Waals surface area (Å²) in [4.78, 5) is 11.4. The van der Waals surface area contributed by atoms with Gasteiger partial charge in [-0.05, 0) is 16.8 Å². The Labute approximate surface area is 105 Å². The van der Waals surface area contributed by atoms with Gasteiger partial charge in [-0.15, -0.1) is 0 Å². The Kier molecular flexibility index (Phi) is 2.38. The molecule has 1 aliphatic rings. The fourth-order valence-corrected chi connectivity index (χ4v) is 2.29. The van der Waals surface area contributed by atoms with Crippen molar-refractivity contribution in [2.45, 2.75) is 26.2 Å². The van der Waals surface area contributed by atoms with E-state index in [2.05, 4.69) is 0 Å². The predicted octanol–water partition coefficient (Wildman–Crippen LogP) is 3.30. The van der Waals surface area contributed by atoms with Crippen molar-refractivity contribution in [3.8, 4) is 5.75 Å². The molecule has 18 heavy (non-hydrogen) atoms. The molecule has 0 aromatic heterocycles. The average Bonchev–Trinajstić information content (AvgIpc) is 2.35. The molecular weight excluding hydrogens is 228 g/mol. The standard InChI is InChI=1S/C15H14O3/c1-15(2)17-9-11-7-10-5-3-4-6-12(10)13(8-16)14(11)18-15/h3-8H,9H2,1-2H3. The number of carbonyl (C=O) groups is 1. The van der Waals surface area contributed by atoms with Crippen molar-refractivity contribution in [2.75, 3.05) is 0 Å². The molecule has 0 spiro atoms. The molecule has 0 unspecified atom stereocenters. The number of rotatable bonds is 1. The third-order valence-electron chi connectivity index (χ3n) is 3.16. The summed E-state index contributed by atoms with van der Waals surface area (Å²) < 4.78 is 11.4. The number of ether oxygens (including phenoxy) is 2. The maximum absolute atomic E-state index is 11.4. The Morgan fingerprint density at radius 3 is 2.83 bits per heavy atom. The Hall–Kier alpha value is -1.87. The molecule has 2 aromatic rings. The van der Waals surface area contributed by atoms with Crippen LogP contribution in [0.2, 0.25) is 0 Å². The van der Waals surface area contributed by atoms with Crippen LogP contribution in [0.1, 0.15) is 29.8 Å². The van der Waals surface area contributed by atoms with Gasteiger partial charge in [0.1, 0.15) is 5.75 Å². The molecule has 0 bridgehead atoms. The van der Waals surface area contributed by atoms with Crippen LogP contribution in [-0.4, -0.2) is 12.1 Å². The van der Waals surface area contributed by atoms with E-state index in [1.807, 2.05) is 44.2 Å². The minimum absolute atomic E-state index is 0.466. The maximum Gasteiger partial charge on any atom is 0.205 e. The minimum atomic E-state index is -0.687. The molecule has 0 fully saturated rings. The molecular formula is C15H14O3. The zero-order chi connectivity index (χ0) is 12.8. The van der Waals surface area contributed by atoms with Gasteiger partial charge < -0.3 is 9.47 Å². The Morgan fingerprint density at radius 2 is 2.06 bits per heavy atom. The molecule has 3 heteroatoms.